The molecule has 0 saturated carbocycles. The van der Waals surface area contributed by atoms with Gasteiger partial charge in [0, 0.05) is 11.6 Å². The predicted octanol–water partition coefficient (Wildman–Crippen LogP) is 2.00. The van der Waals surface area contributed by atoms with Crippen LogP contribution in [0.4, 0.5) is 0 Å². The van der Waals surface area contributed by atoms with Gasteiger partial charge in [-0.05, 0) is 12.8 Å². The Labute approximate surface area is 60.1 Å². The molecule has 3 heteroatoms. The van der Waals surface area contributed by atoms with Crippen LogP contribution in [0.3, 0.4) is 0 Å². The molecule has 0 radical (unpaired) electrons. The van der Waals surface area contributed by atoms with Crippen molar-refractivity contribution in [3.63, 3.8) is 0 Å². The molecule has 0 aliphatic rings. The first-order valence-corrected chi connectivity index (χ1v) is 4.37. The molecular weight excluding hydrogens is 142 g/mol. The molecule has 0 aliphatic carbocycles. The Hall–Kier alpha value is 0.600. The first-order valence-electron chi connectivity index (χ1n) is 2.79. The Morgan fingerprint density at radius 2 is 2.00 bits per heavy atom. The van der Waals surface area contributed by atoms with Crippen molar-refractivity contribution in [2.24, 2.45) is 5.14 Å². The summed E-state index contributed by atoms with van der Waals surface area (Å²) < 4.78 is 0. The van der Waals surface area contributed by atoms with Crippen LogP contribution in [-0.2, 0) is 0 Å². The molecule has 0 amide bonds. The highest BCUT2D eigenvalue weighted by molar-refractivity contribution is 7.97. The van der Waals surface area contributed by atoms with Gasteiger partial charge in [-0.2, -0.15) is 0 Å². The first-order chi connectivity index (χ1) is 3.91. The fourth-order valence-electron chi connectivity index (χ4n) is 0.457. The van der Waals surface area contributed by atoms with Crippen molar-refractivity contribution in [3.05, 3.63) is 0 Å². The molecule has 0 aromatic heterocycles. The zero-order valence-electron chi connectivity index (χ0n) is 4.90. The number of rotatable bonds is 5. The Morgan fingerprint density at radius 3 is 2.50 bits per heavy atom. The highest BCUT2D eigenvalue weighted by atomic mass is 35.5. The van der Waals surface area contributed by atoms with Crippen LogP contribution in [0.5, 0.6) is 0 Å². The van der Waals surface area contributed by atoms with Gasteiger partial charge in [0.25, 0.3) is 0 Å². The molecule has 2 N–H and O–H groups in total. The molecule has 0 fully saturated rings. The van der Waals surface area contributed by atoms with Gasteiger partial charge in [0.05, 0.1) is 0 Å². The molecule has 50 valence electrons. The van der Waals surface area contributed by atoms with Crippen molar-refractivity contribution in [2.45, 2.75) is 19.3 Å². The van der Waals surface area contributed by atoms with E-state index in [-0.39, 0.29) is 0 Å². The maximum Gasteiger partial charge on any atom is 0.0223 e. The normalized spacial score (nSPS) is 9.75. The molecule has 0 saturated heterocycles. The summed E-state index contributed by atoms with van der Waals surface area (Å²) in [6, 6.07) is 0. The quantitative estimate of drug-likeness (QED) is 0.372. The van der Waals surface area contributed by atoms with Gasteiger partial charge in [-0.25, -0.2) is 0 Å². The molecule has 0 bridgehead atoms. The highest BCUT2D eigenvalue weighted by Crippen LogP contribution is 2.00. The minimum Gasteiger partial charge on any atom is -0.278 e. The smallest absolute Gasteiger partial charge is 0.0223 e. The van der Waals surface area contributed by atoms with Crippen molar-refractivity contribution in [1.29, 1.82) is 0 Å². The molecule has 0 unspecified atom stereocenters. The summed E-state index contributed by atoms with van der Waals surface area (Å²) in [7, 11) is 0. The summed E-state index contributed by atoms with van der Waals surface area (Å²) in [5, 5.41) is 5.19. The zero-order valence-corrected chi connectivity index (χ0v) is 6.47. The number of hydrogen-bond acceptors (Lipinski definition) is 2. The van der Waals surface area contributed by atoms with Crippen LogP contribution in [0.1, 0.15) is 19.3 Å². The molecular formula is C5H12ClNS. The van der Waals surface area contributed by atoms with E-state index in [9.17, 15) is 0 Å². The summed E-state index contributed by atoms with van der Waals surface area (Å²) >= 11 is 6.85. The molecule has 0 heterocycles. The van der Waals surface area contributed by atoms with Crippen LogP contribution in [0.15, 0.2) is 0 Å². The molecule has 0 aliphatic heterocycles. The summed E-state index contributed by atoms with van der Waals surface area (Å²) in [6.45, 7) is 0. The monoisotopic (exact) mass is 153 g/mol. The van der Waals surface area contributed by atoms with Crippen LogP contribution in [0.2, 0.25) is 0 Å². The number of unbranched alkanes of at least 4 members (excludes halogenated alkanes) is 2. The summed E-state index contributed by atoms with van der Waals surface area (Å²) in [5.74, 6) is 1.85. The van der Waals surface area contributed by atoms with E-state index in [0.717, 1.165) is 18.1 Å². The molecule has 1 nitrogen and oxygen atoms in total. The molecule has 8 heavy (non-hydrogen) atoms. The van der Waals surface area contributed by atoms with E-state index in [1.54, 1.807) is 0 Å². The second-order valence-corrected chi connectivity index (χ2v) is 2.74. The van der Waals surface area contributed by atoms with E-state index >= 15 is 0 Å². The summed E-state index contributed by atoms with van der Waals surface area (Å²) in [5.41, 5.74) is 0. The SMILES string of the molecule is NSCCCCCCl. The van der Waals surface area contributed by atoms with E-state index in [1.807, 2.05) is 0 Å². The minimum absolute atomic E-state index is 0.787. The fourth-order valence-corrected chi connectivity index (χ4v) is 1.02. The van der Waals surface area contributed by atoms with Gasteiger partial charge in [0.15, 0.2) is 0 Å². The van der Waals surface area contributed by atoms with E-state index in [4.69, 9.17) is 16.7 Å². The average Bonchev–Trinajstić information content (AvgIpc) is 1.81. The maximum atomic E-state index is 5.44. The van der Waals surface area contributed by atoms with Crippen LogP contribution in [0.25, 0.3) is 0 Å². The standard InChI is InChI=1S/C5H12ClNS/c6-4-2-1-3-5-8-7/h1-5,7H2. The number of alkyl halides is 1. The van der Waals surface area contributed by atoms with Crippen molar-refractivity contribution in [3.8, 4) is 0 Å². The zero-order chi connectivity index (χ0) is 6.24. The predicted molar refractivity (Wildman–Crippen MR) is 41.2 cm³/mol. The molecule has 0 aromatic rings. The second kappa shape index (κ2) is 7.60. The average molecular weight is 154 g/mol. The van der Waals surface area contributed by atoms with Gasteiger partial charge in [-0.15, -0.1) is 11.6 Å². The largest absolute Gasteiger partial charge is 0.278 e. The second-order valence-electron chi connectivity index (χ2n) is 1.62. The Balaban J connectivity index is 2.53. The van der Waals surface area contributed by atoms with Gasteiger partial charge in [-0.1, -0.05) is 18.4 Å². The molecule has 0 rings (SSSR count). The Morgan fingerprint density at radius 1 is 1.25 bits per heavy atom. The lowest BCUT2D eigenvalue weighted by atomic mass is 10.3. The maximum absolute atomic E-state index is 5.44. The number of hydrogen-bond donors (Lipinski definition) is 1. The minimum atomic E-state index is 0.787. The highest BCUT2D eigenvalue weighted by Gasteiger charge is 1.84. The lowest BCUT2D eigenvalue weighted by Gasteiger charge is -1.92. The number of halogens is 1. The molecule has 0 atom stereocenters. The third-order valence-corrected chi connectivity index (χ3v) is 1.69. The van der Waals surface area contributed by atoms with Gasteiger partial charge in [0.1, 0.15) is 0 Å². The molecule has 0 spiro atoms. The third kappa shape index (κ3) is 6.60. The van der Waals surface area contributed by atoms with Gasteiger partial charge in [0.2, 0.25) is 0 Å². The van der Waals surface area contributed by atoms with Crippen LogP contribution < -0.4 is 5.14 Å². The lowest BCUT2D eigenvalue weighted by molar-refractivity contribution is 0.783. The van der Waals surface area contributed by atoms with E-state index in [2.05, 4.69) is 0 Å². The summed E-state index contributed by atoms with van der Waals surface area (Å²) in [4.78, 5) is 0. The van der Waals surface area contributed by atoms with Crippen LogP contribution in [-0.4, -0.2) is 11.6 Å². The Bertz CT molecular complexity index is 37.4. The van der Waals surface area contributed by atoms with E-state index in [0.29, 0.717) is 0 Å². The van der Waals surface area contributed by atoms with Crippen LogP contribution in [0, 0.1) is 0 Å². The lowest BCUT2D eigenvalue weighted by Crippen LogP contribution is -1.85. The third-order valence-electron chi connectivity index (χ3n) is 0.896. The first kappa shape index (κ1) is 8.60. The van der Waals surface area contributed by atoms with Crippen molar-refractivity contribution in [1.82, 2.24) is 0 Å². The van der Waals surface area contributed by atoms with Crippen molar-refractivity contribution < 1.29 is 0 Å². The van der Waals surface area contributed by atoms with E-state index in [1.165, 1.54) is 24.8 Å². The van der Waals surface area contributed by atoms with Crippen molar-refractivity contribution >= 4 is 23.5 Å². The number of nitrogens with two attached hydrogens (primary N) is 1. The summed E-state index contributed by atoms with van der Waals surface area (Å²) in [6.07, 6.45) is 3.55. The topological polar surface area (TPSA) is 26.0 Å². The molecule has 0 aromatic carbocycles. The van der Waals surface area contributed by atoms with Gasteiger partial charge in [-0.3, -0.25) is 5.14 Å². The van der Waals surface area contributed by atoms with Crippen molar-refractivity contribution in [2.75, 3.05) is 11.6 Å². The van der Waals surface area contributed by atoms with Gasteiger partial charge >= 0.3 is 0 Å². The van der Waals surface area contributed by atoms with E-state index < -0.39 is 0 Å². The Kier molecular flexibility index (Phi) is 8.17. The fraction of sp³-hybridized carbons (Fsp3) is 1.00. The van der Waals surface area contributed by atoms with Gasteiger partial charge < -0.3 is 0 Å². The van der Waals surface area contributed by atoms with Crippen LogP contribution >= 0.6 is 23.5 Å².